The zero-order valence-corrected chi connectivity index (χ0v) is 9.36. The second kappa shape index (κ2) is 4.57. The lowest BCUT2D eigenvalue weighted by atomic mass is 10.0. The van der Waals surface area contributed by atoms with Gasteiger partial charge in [0.2, 0.25) is 0 Å². The molecule has 1 rings (SSSR count). The van der Waals surface area contributed by atoms with Crippen LogP contribution in [-0.4, -0.2) is 34.5 Å². The van der Waals surface area contributed by atoms with E-state index in [-0.39, 0.29) is 18.4 Å². The Bertz CT molecular complexity index is 307. The van der Waals surface area contributed by atoms with Crippen LogP contribution >= 0.6 is 0 Å². The Morgan fingerprint density at radius 2 is 2.00 bits per heavy atom. The Kier molecular flexibility index (Phi) is 3.63. The maximum atomic E-state index is 11.6. The highest BCUT2D eigenvalue weighted by molar-refractivity contribution is 6.16. The lowest BCUT2D eigenvalue weighted by Gasteiger charge is -2.26. The highest BCUT2D eigenvalue weighted by Gasteiger charge is 2.34. The van der Waals surface area contributed by atoms with E-state index in [1.807, 2.05) is 13.8 Å². The quantitative estimate of drug-likeness (QED) is 0.697. The number of carbonyl (C=O) groups excluding carboxylic acids is 2. The van der Waals surface area contributed by atoms with Crippen LogP contribution in [0.25, 0.3) is 0 Å². The summed E-state index contributed by atoms with van der Waals surface area (Å²) in [6, 6.07) is -0.390. The normalized spacial score (nSPS) is 18.7. The van der Waals surface area contributed by atoms with Crippen LogP contribution in [-0.2, 0) is 9.59 Å². The van der Waals surface area contributed by atoms with E-state index in [1.54, 1.807) is 6.92 Å². The minimum atomic E-state index is -0.390. The smallest absolute Gasteiger partial charge is 0.256 e. The fourth-order valence-electron chi connectivity index (χ4n) is 1.76. The Balaban J connectivity index is 2.78. The third-order valence-electron chi connectivity index (χ3n) is 2.45. The van der Waals surface area contributed by atoms with E-state index in [1.165, 1.54) is 6.08 Å². The highest BCUT2D eigenvalue weighted by atomic mass is 16.3. The molecule has 4 heteroatoms. The summed E-state index contributed by atoms with van der Waals surface area (Å²) in [7, 11) is 0. The first-order chi connectivity index (χ1) is 6.97. The molecule has 0 aromatic heterocycles. The topological polar surface area (TPSA) is 57.6 Å². The van der Waals surface area contributed by atoms with E-state index in [4.69, 9.17) is 0 Å². The van der Waals surface area contributed by atoms with Gasteiger partial charge in [0.25, 0.3) is 11.8 Å². The summed E-state index contributed by atoms with van der Waals surface area (Å²) in [4.78, 5) is 24.3. The van der Waals surface area contributed by atoms with Crippen LogP contribution in [0, 0.1) is 5.92 Å². The van der Waals surface area contributed by atoms with Crippen LogP contribution in [0.5, 0.6) is 0 Å². The van der Waals surface area contributed by atoms with Crippen molar-refractivity contribution in [1.29, 1.82) is 0 Å². The molecule has 1 aliphatic rings. The SMILES string of the molecule is CC1=CC(=O)N(C(CO)CC(C)C)C1=O. The highest BCUT2D eigenvalue weighted by Crippen LogP contribution is 2.19. The minimum Gasteiger partial charge on any atom is -0.394 e. The second-order valence-electron chi connectivity index (χ2n) is 4.31. The van der Waals surface area contributed by atoms with E-state index < -0.39 is 6.04 Å². The summed E-state index contributed by atoms with van der Waals surface area (Å²) in [5.74, 6) is -0.249. The molecule has 0 radical (unpaired) electrons. The molecular formula is C11H17NO3. The van der Waals surface area contributed by atoms with Crippen molar-refractivity contribution in [3.8, 4) is 0 Å². The summed E-state index contributed by atoms with van der Waals surface area (Å²) in [6.07, 6.45) is 1.96. The molecule has 0 saturated heterocycles. The van der Waals surface area contributed by atoms with Crippen molar-refractivity contribution in [3.05, 3.63) is 11.6 Å². The van der Waals surface area contributed by atoms with Gasteiger partial charge in [-0.25, -0.2) is 0 Å². The molecule has 0 saturated carbocycles. The molecule has 1 unspecified atom stereocenters. The molecule has 0 spiro atoms. The number of imide groups is 1. The van der Waals surface area contributed by atoms with Gasteiger partial charge >= 0.3 is 0 Å². The van der Waals surface area contributed by atoms with Gasteiger partial charge in [-0.2, -0.15) is 0 Å². The van der Waals surface area contributed by atoms with Gasteiger partial charge in [-0.1, -0.05) is 13.8 Å². The number of aliphatic hydroxyl groups excluding tert-OH is 1. The van der Waals surface area contributed by atoms with Crippen molar-refractivity contribution < 1.29 is 14.7 Å². The molecule has 0 bridgehead atoms. The molecule has 2 amide bonds. The van der Waals surface area contributed by atoms with Gasteiger partial charge in [-0.15, -0.1) is 0 Å². The summed E-state index contributed by atoms with van der Waals surface area (Å²) >= 11 is 0. The molecule has 15 heavy (non-hydrogen) atoms. The number of rotatable bonds is 4. The maximum absolute atomic E-state index is 11.6. The Labute approximate surface area is 89.6 Å². The Morgan fingerprint density at radius 1 is 1.40 bits per heavy atom. The fraction of sp³-hybridized carbons (Fsp3) is 0.636. The summed E-state index contributed by atoms with van der Waals surface area (Å²) in [5, 5.41) is 9.19. The van der Waals surface area contributed by atoms with E-state index in [2.05, 4.69) is 0 Å². The van der Waals surface area contributed by atoms with Crippen molar-refractivity contribution in [2.75, 3.05) is 6.61 Å². The van der Waals surface area contributed by atoms with Crippen molar-refractivity contribution in [2.24, 2.45) is 5.92 Å². The van der Waals surface area contributed by atoms with Crippen LogP contribution in [0.2, 0.25) is 0 Å². The largest absolute Gasteiger partial charge is 0.394 e. The molecule has 0 aromatic carbocycles. The van der Waals surface area contributed by atoms with E-state index in [9.17, 15) is 14.7 Å². The van der Waals surface area contributed by atoms with Crippen molar-refractivity contribution >= 4 is 11.8 Å². The average Bonchev–Trinajstić information content (AvgIpc) is 2.38. The van der Waals surface area contributed by atoms with Gasteiger partial charge in [0.15, 0.2) is 0 Å². The van der Waals surface area contributed by atoms with Crippen LogP contribution in [0.1, 0.15) is 27.2 Å². The molecule has 1 atom stereocenters. The molecule has 0 aliphatic carbocycles. The van der Waals surface area contributed by atoms with Crippen molar-refractivity contribution in [1.82, 2.24) is 4.90 Å². The minimum absolute atomic E-state index is 0.170. The first kappa shape index (κ1) is 11.9. The maximum Gasteiger partial charge on any atom is 0.256 e. The average molecular weight is 211 g/mol. The van der Waals surface area contributed by atoms with E-state index in [0.717, 1.165) is 4.90 Å². The molecule has 84 valence electrons. The molecule has 0 fully saturated rings. The number of hydrogen-bond acceptors (Lipinski definition) is 3. The predicted octanol–water partition coefficient (Wildman–Crippen LogP) is 0.708. The first-order valence-electron chi connectivity index (χ1n) is 5.14. The van der Waals surface area contributed by atoms with Gasteiger partial charge in [0, 0.05) is 11.6 Å². The number of amides is 2. The second-order valence-corrected chi connectivity index (χ2v) is 4.31. The van der Waals surface area contributed by atoms with Gasteiger partial charge in [0.1, 0.15) is 0 Å². The lowest BCUT2D eigenvalue weighted by molar-refractivity contribution is -0.141. The van der Waals surface area contributed by atoms with Crippen molar-refractivity contribution in [3.63, 3.8) is 0 Å². The van der Waals surface area contributed by atoms with Crippen LogP contribution in [0.4, 0.5) is 0 Å². The summed E-state index contributed by atoms with van der Waals surface area (Å²) in [6.45, 7) is 5.43. The predicted molar refractivity (Wildman–Crippen MR) is 55.9 cm³/mol. The van der Waals surface area contributed by atoms with Gasteiger partial charge in [-0.3, -0.25) is 14.5 Å². The molecule has 1 heterocycles. The zero-order valence-electron chi connectivity index (χ0n) is 9.36. The molecule has 1 aliphatic heterocycles. The van der Waals surface area contributed by atoms with Crippen LogP contribution in [0.3, 0.4) is 0 Å². The van der Waals surface area contributed by atoms with Gasteiger partial charge in [0.05, 0.1) is 12.6 Å². The molecular weight excluding hydrogens is 194 g/mol. The molecule has 1 N–H and O–H groups in total. The fourth-order valence-corrected chi connectivity index (χ4v) is 1.76. The Morgan fingerprint density at radius 3 is 2.33 bits per heavy atom. The monoisotopic (exact) mass is 211 g/mol. The van der Waals surface area contributed by atoms with Crippen molar-refractivity contribution in [2.45, 2.75) is 33.2 Å². The summed E-state index contributed by atoms with van der Waals surface area (Å²) < 4.78 is 0. The Hall–Kier alpha value is -1.16. The standard InChI is InChI=1S/C11H17NO3/c1-7(2)4-9(6-13)12-10(14)5-8(3)11(12)15/h5,7,9,13H,4,6H2,1-3H3. The number of hydrogen-bond donors (Lipinski definition) is 1. The van der Waals surface area contributed by atoms with Gasteiger partial charge in [-0.05, 0) is 19.3 Å². The van der Waals surface area contributed by atoms with E-state index in [0.29, 0.717) is 17.9 Å². The molecule has 0 aromatic rings. The third-order valence-corrected chi connectivity index (χ3v) is 2.45. The number of nitrogens with zero attached hydrogens (tertiary/aromatic N) is 1. The number of aliphatic hydroxyl groups is 1. The number of carbonyl (C=O) groups is 2. The lowest BCUT2D eigenvalue weighted by Crippen LogP contribution is -2.43. The van der Waals surface area contributed by atoms with Crippen LogP contribution < -0.4 is 0 Å². The summed E-state index contributed by atoms with van der Waals surface area (Å²) in [5.41, 5.74) is 0.446. The van der Waals surface area contributed by atoms with Gasteiger partial charge < -0.3 is 5.11 Å². The first-order valence-corrected chi connectivity index (χ1v) is 5.14. The zero-order chi connectivity index (χ0) is 11.6. The van der Waals surface area contributed by atoms with E-state index >= 15 is 0 Å². The third kappa shape index (κ3) is 2.45. The molecule has 4 nitrogen and oxygen atoms in total. The van der Waals surface area contributed by atoms with Crippen LogP contribution in [0.15, 0.2) is 11.6 Å².